The molecule has 21 heavy (non-hydrogen) atoms. The molecule has 1 aliphatic carbocycles. The predicted molar refractivity (Wildman–Crippen MR) is 78.1 cm³/mol. The van der Waals surface area contributed by atoms with E-state index in [9.17, 15) is 12.8 Å². The first-order valence-corrected chi connectivity index (χ1v) is 8.33. The zero-order valence-electron chi connectivity index (χ0n) is 12.0. The number of hydrogen-bond donors (Lipinski definition) is 1. The highest BCUT2D eigenvalue weighted by atomic mass is 32.2. The molecule has 0 heterocycles. The summed E-state index contributed by atoms with van der Waals surface area (Å²) in [6.07, 6.45) is 3.27. The number of halogens is 1. The number of likely N-dealkylation sites (N-methyl/N-ethyl adjacent to an activating group) is 1. The maximum absolute atomic E-state index is 13.9. The molecule has 1 aliphatic rings. The maximum Gasteiger partial charge on any atom is 0.211 e. The fraction of sp³-hybridized carbons (Fsp3) is 0.429. The first-order valence-electron chi connectivity index (χ1n) is 6.48. The number of hydrogen-bond acceptors (Lipinski definition) is 4. The lowest BCUT2D eigenvalue weighted by atomic mass is 10.1. The van der Waals surface area contributed by atoms with Crippen molar-refractivity contribution in [2.75, 3.05) is 33.1 Å². The van der Waals surface area contributed by atoms with Crippen LogP contribution in [0.3, 0.4) is 0 Å². The molecule has 0 bridgehead atoms. The fourth-order valence-corrected chi connectivity index (χ4v) is 2.49. The van der Waals surface area contributed by atoms with Gasteiger partial charge in [-0.1, -0.05) is 6.08 Å². The van der Waals surface area contributed by atoms with E-state index in [0.29, 0.717) is 23.3 Å². The average molecular weight is 315 g/mol. The lowest BCUT2D eigenvalue weighted by Crippen LogP contribution is -2.29. The van der Waals surface area contributed by atoms with Crippen LogP contribution in [-0.4, -0.2) is 50.9 Å². The van der Waals surface area contributed by atoms with Crippen molar-refractivity contribution in [3.05, 3.63) is 34.6 Å². The van der Waals surface area contributed by atoms with Gasteiger partial charge in [-0.25, -0.2) is 17.1 Å². The molecule has 0 unspecified atom stereocenters. The smallest absolute Gasteiger partial charge is 0.211 e. The van der Waals surface area contributed by atoms with E-state index in [2.05, 4.69) is 0 Å². The number of nitrogens with zero attached hydrogens (tertiary/aromatic N) is 1. The quantitative estimate of drug-likeness (QED) is 0.851. The molecular formula is C14H18FNO4S. The summed E-state index contributed by atoms with van der Waals surface area (Å²) in [6.45, 7) is 0.233. The minimum Gasteiger partial charge on any atom is -0.492 e. The molecule has 0 saturated carbocycles. The molecule has 0 fully saturated rings. The summed E-state index contributed by atoms with van der Waals surface area (Å²) in [4.78, 5) is 0. The van der Waals surface area contributed by atoms with Crippen molar-refractivity contribution in [2.24, 2.45) is 0 Å². The van der Waals surface area contributed by atoms with Gasteiger partial charge in [0, 0.05) is 19.7 Å². The van der Waals surface area contributed by atoms with Crippen LogP contribution in [0.25, 0.3) is 6.08 Å². The lowest BCUT2D eigenvalue weighted by Gasteiger charge is -2.15. The zero-order valence-corrected chi connectivity index (χ0v) is 12.8. The highest BCUT2D eigenvalue weighted by molar-refractivity contribution is 7.88. The van der Waals surface area contributed by atoms with Crippen LogP contribution < -0.4 is 4.74 Å². The second-order valence-electron chi connectivity index (χ2n) is 5.04. The Hall–Kier alpha value is -1.44. The summed E-state index contributed by atoms with van der Waals surface area (Å²) < 4.78 is 43.0. The molecule has 0 spiro atoms. The Bertz CT molecular complexity index is 670. The molecule has 1 aromatic rings. The third-order valence-corrected chi connectivity index (χ3v) is 4.73. The first-order chi connectivity index (χ1) is 9.81. The Morgan fingerprint density at radius 1 is 1.43 bits per heavy atom. The zero-order chi connectivity index (χ0) is 15.6. The van der Waals surface area contributed by atoms with Gasteiger partial charge in [-0.15, -0.1) is 0 Å². The van der Waals surface area contributed by atoms with Gasteiger partial charge in [-0.05, 0) is 29.2 Å². The van der Waals surface area contributed by atoms with Crippen molar-refractivity contribution in [1.82, 2.24) is 4.31 Å². The Labute approximate surface area is 123 Å². The summed E-state index contributed by atoms with van der Waals surface area (Å²) in [5.41, 5.74) is 2.02. The lowest BCUT2D eigenvalue weighted by molar-refractivity contribution is 0.286. The summed E-state index contributed by atoms with van der Waals surface area (Å²) in [7, 11) is -1.79. The van der Waals surface area contributed by atoms with E-state index in [0.717, 1.165) is 11.8 Å². The number of fused-ring (bicyclic) bond motifs is 1. The molecule has 0 saturated heterocycles. The number of benzene rings is 1. The molecule has 1 aromatic carbocycles. The van der Waals surface area contributed by atoms with Gasteiger partial charge in [0.15, 0.2) is 0 Å². The van der Waals surface area contributed by atoms with Gasteiger partial charge >= 0.3 is 0 Å². The summed E-state index contributed by atoms with van der Waals surface area (Å²) in [5, 5.41) is 9.09. The van der Waals surface area contributed by atoms with Crippen LogP contribution in [0.5, 0.6) is 5.75 Å². The Morgan fingerprint density at radius 3 is 2.76 bits per heavy atom. The third kappa shape index (κ3) is 3.81. The van der Waals surface area contributed by atoms with E-state index >= 15 is 0 Å². The van der Waals surface area contributed by atoms with Gasteiger partial charge in [0.2, 0.25) is 10.0 Å². The largest absolute Gasteiger partial charge is 0.492 e. The maximum atomic E-state index is 13.9. The second-order valence-corrected chi connectivity index (χ2v) is 7.13. The van der Waals surface area contributed by atoms with E-state index in [-0.39, 0.29) is 25.6 Å². The van der Waals surface area contributed by atoms with Gasteiger partial charge < -0.3 is 9.84 Å². The van der Waals surface area contributed by atoms with Gasteiger partial charge in [0.05, 0.1) is 12.9 Å². The summed E-state index contributed by atoms with van der Waals surface area (Å²) >= 11 is 0. The highest BCUT2D eigenvalue weighted by Gasteiger charge is 2.18. The van der Waals surface area contributed by atoms with Gasteiger partial charge in [0.25, 0.3) is 0 Å². The van der Waals surface area contributed by atoms with Crippen LogP contribution >= 0.6 is 0 Å². The van der Waals surface area contributed by atoms with E-state index in [1.54, 1.807) is 12.1 Å². The number of aliphatic hydroxyl groups excluding tert-OH is 1. The van der Waals surface area contributed by atoms with Gasteiger partial charge in [0.1, 0.15) is 18.2 Å². The van der Waals surface area contributed by atoms with Crippen molar-refractivity contribution >= 4 is 16.1 Å². The van der Waals surface area contributed by atoms with Crippen molar-refractivity contribution in [3.63, 3.8) is 0 Å². The number of rotatable bonds is 6. The topological polar surface area (TPSA) is 66.8 Å². The number of sulfonamides is 1. The van der Waals surface area contributed by atoms with Gasteiger partial charge in [-0.2, -0.15) is 0 Å². The summed E-state index contributed by atoms with van der Waals surface area (Å²) in [5.74, 6) is -0.0257. The average Bonchev–Trinajstić information content (AvgIpc) is 2.81. The van der Waals surface area contributed by atoms with Gasteiger partial charge in [-0.3, -0.25) is 0 Å². The van der Waals surface area contributed by atoms with E-state index in [4.69, 9.17) is 9.84 Å². The van der Waals surface area contributed by atoms with Crippen LogP contribution in [0.1, 0.15) is 11.1 Å². The molecule has 116 valence electrons. The molecule has 0 aliphatic heterocycles. The molecule has 5 nitrogen and oxygen atoms in total. The van der Waals surface area contributed by atoms with Crippen molar-refractivity contribution < 1.29 is 22.7 Å². The molecule has 0 radical (unpaired) electrons. The Balaban J connectivity index is 2.03. The van der Waals surface area contributed by atoms with Crippen LogP contribution in [0.2, 0.25) is 0 Å². The van der Waals surface area contributed by atoms with Crippen LogP contribution in [0.15, 0.2) is 17.7 Å². The van der Waals surface area contributed by atoms with E-state index in [1.165, 1.54) is 17.4 Å². The normalized spacial score (nSPS) is 14.2. The summed E-state index contributed by atoms with van der Waals surface area (Å²) in [6, 6.07) is 2.98. The number of ether oxygens (including phenoxy) is 1. The second kappa shape index (κ2) is 6.13. The molecule has 0 atom stereocenters. The molecule has 0 amide bonds. The van der Waals surface area contributed by atoms with E-state index in [1.807, 2.05) is 0 Å². The molecule has 0 aromatic heterocycles. The van der Waals surface area contributed by atoms with Crippen molar-refractivity contribution in [3.8, 4) is 5.75 Å². The SMILES string of the molecule is CN(CCOc1cc(F)c2c(c1)C=C(CO)C2)S(C)(=O)=O. The van der Waals surface area contributed by atoms with E-state index < -0.39 is 10.0 Å². The Morgan fingerprint density at radius 2 is 2.14 bits per heavy atom. The molecule has 2 rings (SSSR count). The predicted octanol–water partition coefficient (Wildman–Crippen LogP) is 1.03. The van der Waals surface area contributed by atoms with Crippen LogP contribution in [-0.2, 0) is 16.4 Å². The molecule has 1 N–H and O–H groups in total. The third-order valence-electron chi connectivity index (χ3n) is 3.41. The monoisotopic (exact) mass is 315 g/mol. The number of aliphatic hydroxyl groups is 1. The molecular weight excluding hydrogens is 297 g/mol. The minimum absolute atomic E-state index is 0.0938. The molecule has 7 heteroatoms. The van der Waals surface area contributed by atoms with Crippen molar-refractivity contribution in [2.45, 2.75) is 6.42 Å². The van der Waals surface area contributed by atoms with Crippen LogP contribution in [0.4, 0.5) is 4.39 Å². The van der Waals surface area contributed by atoms with Crippen LogP contribution in [0, 0.1) is 5.82 Å². The minimum atomic E-state index is -3.24. The first kappa shape index (κ1) is 15.9. The highest BCUT2D eigenvalue weighted by Crippen LogP contribution is 2.30. The van der Waals surface area contributed by atoms with Crippen molar-refractivity contribution in [1.29, 1.82) is 0 Å². The Kier molecular flexibility index (Phi) is 4.65. The fourth-order valence-electron chi connectivity index (χ4n) is 2.09. The standard InChI is InChI=1S/C14H18FNO4S/c1-16(21(2,18)19)3-4-20-12-7-11-5-10(9-17)6-13(11)14(15)8-12/h5,7-8,17H,3-4,6,9H2,1-2H3.